The normalized spacial score (nSPS) is 35.9. The summed E-state index contributed by atoms with van der Waals surface area (Å²) in [6, 6.07) is 4.37. The molecule has 2 heterocycles. The molecule has 0 bridgehead atoms. The first-order valence-corrected chi connectivity index (χ1v) is 6.21. The zero-order valence-corrected chi connectivity index (χ0v) is 9.04. The summed E-state index contributed by atoms with van der Waals surface area (Å²) in [5, 5.41) is 2.16. The molecule has 2 nitrogen and oxygen atoms in total. The Balaban J connectivity index is 1.55. The summed E-state index contributed by atoms with van der Waals surface area (Å²) in [5.74, 6) is 2.72. The van der Waals surface area contributed by atoms with E-state index in [-0.39, 0.29) is 0 Å². The van der Waals surface area contributed by atoms with Crippen molar-refractivity contribution >= 4 is 11.3 Å². The van der Waals surface area contributed by atoms with Crippen LogP contribution < -0.4 is 5.73 Å². The fourth-order valence-electron chi connectivity index (χ4n) is 2.84. The number of nitrogens with two attached hydrogens (primary N) is 1. The lowest BCUT2D eigenvalue weighted by Crippen LogP contribution is -2.25. The van der Waals surface area contributed by atoms with E-state index in [9.17, 15) is 0 Å². The highest BCUT2D eigenvalue weighted by molar-refractivity contribution is 7.09. The Hall–Kier alpha value is -0.380. The van der Waals surface area contributed by atoms with Crippen LogP contribution in [-0.2, 0) is 6.54 Å². The summed E-state index contributed by atoms with van der Waals surface area (Å²) in [7, 11) is 0. The van der Waals surface area contributed by atoms with Crippen LogP contribution in [0.25, 0.3) is 0 Å². The number of piperidine rings is 1. The summed E-state index contributed by atoms with van der Waals surface area (Å²) in [6.07, 6.45) is 0. The van der Waals surface area contributed by atoms with Crippen LogP contribution in [0.2, 0.25) is 0 Å². The molecular weight excluding hydrogens is 192 g/mol. The lowest BCUT2D eigenvalue weighted by molar-refractivity contribution is 0.281. The first-order valence-electron chi connectivity index (χ1n) is 5.33. The molecule has 2 atom stereocenters. The average molecular weight is 208 g/mol. The minimum atomic E-state index is 0.856. The molecule has 0 radical (unpaired) electrons. The Labute approximate surface area is 88.7 Å². The van der Waals surface area contributed by atoms with Crippen LogP contribution in [0, 0.1) is 17.8 Å². The Morgan fingerprint density at radius 2 is 2.21 bits per heavy atom. The van der Waals surface area contributed by atoms with Gasteiger partial charge in [0.05, 0.1) is 0 Å². The van der Waals surface area contributed by atoms with Crippen LogP contribution in [0.4, 0.5) is 0 Å². The third-order valence-corrected chi connectivity index (χ3v) is 4.54. The molecular formula is C11H16N2S. The van der Waals surface area contributed by atoms with E-state index >= 15 is 0 Å². The molecule has 1 aliphatic carbocycles. The van der Waals surface area contributed by atoms with Crippen molar-refractivity contribution in [1.82, 2.24) is 4.90 Å². The largest absolute Gasteiger partial charge is 0.330 e. The molecule has 1 aromatic rings. The highest BCUT2D eigenvalue weighted by Gasteiger charge is 2.54. The summed E-state index contributed by atoms with van der Waals surface area (Å²) >= 11 is 1.87. The lowest BCUT2D eigenvalue weighted by atomic mass is 10.2. The quantitative estimate of drug-likeness (QED) is 0.813. The fourth-order valence-corrected chi connectivity index (χ4v) is 3.58. The van der Waals surface area contributed by atoms with E-state index in [0.717, 1.165) is 30.8 Å². The molecule has 0 spiro atoms. The van der Waals surface area contributed by atoms with Gasteiger partial charge >= 0.3 is 0 Å². The zero-order chi connectivity index (χ0) is 9.54. The standard InChI is InChI=1S/C11H16N2S/c12-4-9-10-6-13(7-11(9)10)5-8-2-1-3-14-8/h1-3,9-11H,4-7,12H2. The van der Waals surface area contributed by atoms with Gasteiger partial charge in [0, 0.05) is 24.5 Å². The van der Waals surface area contributed by atoms with Crippen LogP contribution in [-0.4, -0.2) is 24.5 Å². The molecule has 3 rings (SSSR count). The van der Waals surface area contributed by atoms with Crippen molar-refractivity contribution in [3.8, 4) is 0 Å². The van der Waals surface area contributed by atoms with Crippen molar-refractivity contribution in [2.75, 3.05) is 19.6 Å². The Kier molecular flexibility index (Phi) is 2.11. The number of nitrogens with zero attached hydrogens (tertiary/aromatic N) is 1. The molecule has 2 fully saturated rings. The summed E-state index contributed by atoms with van der Waals surface area (Å²) in [6.45, 7) is 4.62. The third-order valence-electron chi connectivity index (χ3n) is 3.68. The zero-order valence-electron chi connectivity index (χ0n) is 8.23. The predicted octanol–water partition coefficient (Wildman–Crippen LogP) is 1.38. The topological polar surface area (TPSA) is 29.3 Å². The number of rotatable bonds is 3. The number of fused-ring (bicyclic) bond motifs is 1. The minimum Gasteiger partial charge on any atom is -0.330 e. The number of hydrogen-bond acceptors (Lipinski definition) is 3. The minimum absolute atomic E-state index is 0.856. The smallest absolute Gasteiger partial charge is 0.0328 e. The molecule has 1 saturated carbocycles. The summed E-state index contributed by atoms with van der Waals surface area (Å²) in [5.41, 5.74) is 5.69. The molecule has 2 unspecified atom stereocenters. The summed E-state index contributed by atoms with van der Waals surface area (Å²) < 4.78 is 0. The highest BCUT2D eigenvalue weighted by Crippen LogP contribution is 2.51. The van der Waals surface area contributed by atoms with Gasteiger partial charge in [0.15, 0.2) is 0 Å². The van der Waals surface area contributed by atoms with Gasteiger partial charge in [0.1, 0.15) is 0 Å². The Bertz CT molecular complexity index is 297. The molecule has 14 heavy (non-hydrogen) atoms. The lowest BCUT2D eigenvalue weighted by Gasteiger charge is -2.17. The van der Waals surface area contributed by atoms with Gasteiger partial charge in [0.25, 0.3) is 0 Å². The molecule has 2 aliphatic rings. The van der Waals surface area contributed by atoms with Crippen LogP contribution in [0.15, 0.2) is 17.5 Å². The average Bonchev–Trinajstić information content (AvgIpc) is 2.63. The SMILES string of the molecule is NCC1C2CN(Cc3cccs3)CC12. The number of likely N-dealkylation sites (tertiary alicyclic amines) is 1. The van der Waals surface area contributed by atoms with Crippen molar-refractivity contribution < 1.29 is 0 Å². The van der Waals surface area contributed by atoms with Crippen molar-refractivity contribution in [2.24, 2.45) is 23.5 Å². The second-order valence-electron chi connectivity index (χ2n) is 4.50. The van der Waals surface area contributed by atoms with Gasteiger partial charge in [-0.1, -0.05) is 6.07 Å². The van der Waals surface area contributed by atoms with E-state index in [1.165, 1.54) is 18.0 Å². The number of hydrogen-bond donors (Lipinski definition) is 1. The molecule has 76 valence electrons. The maximum absolute atomic E-state index is 5.69. The van der Waals surface area contributed by atoms with E-state index in [2.05, 4.69) is 22.4 Å². The van der Waals surface area contributed by atoms with Gasteiger partial charge < -0.3 is 5.73 Å². The van der Waals surface area contributed by atoms with Gasteiger partial charge in [-0.3, -0.25) is 4.90 Å². The van der Waals surface area contributed by atoms with Crippen LogP contribution in [0.1, 0.15) is 4.88 Å². The maximum Gasteiger partial charge on any atom is 0.0328 e. The number of thiophene rings is 1. The second-order valence-corrected chi connectivity index (χ2v) is 5.53. The van der Waals surface area contributed by atoms with Crippen molar-refractivity contribution in [2.45, 2.75) is 6.54 Å². The van der Waals surface area contributed by atoms with Gasteiger partial charge in [-0.15, -0.1) is 11.3 Å². The molecule has 0 amide bonds. The molecule has 3 heteroatoms. The van der Waals surface area contributed by atoms with Gasteiger partial charge in [-0.2, -0.15) is 0 Å². The van der Waals surface area contributed by atoms with Crippen molar-refractivity contribution in [3.05, 3.63) is 22.4 Å². The summed E-state index contributed by atoms with van der Waals surface area (Å²) in [4.78, 5) is 4.07. The van der Waals surface area contributed by atoms with Crippen LogP contribution in [0.3, 0.4) is 0 Å². The molecule has 0 aromatic carbocycles. The van der Waals surface area contributed by atoms with E-state index in [1.54, 1.807) is 0 Å². The molecule has 1 aliphatic heterocycles. The van der Waals surface area contributed by atoms with Crippen LogP contribution in [0.5, 0.6) is 0 Å². The van der Waals surface area contributed by atoms with E-state index in [4.69, 9.17) is 5.73 Å². The van der Waals surface area contributed by atoms with E-state index in [0.29, 0.717) is 0 Å². The van der Waals surface area contributed by atoms with Gasteiger partial charge in [-0.05, 0) is 35.7 Å². The predicted molar refractivity (Wildman–Crippen MR) is 59.1 cm³/mol. The first-order chi connectivity index (χ1) is 6.88. The third kappa shape index (κ3) is 1.40. The second kappa shape index (κ2) is 3.33. The molecule has 2 N–H and O–H groups in total. The van der Waals surface area contributed by atoms with E-state index < -0.39 is 0 Å². The van der Waals surface area contributed by atoms with E-state index in [1.807, 2.05) is 11.3 Å². The van der Waals surface area contributed by atoms with Crippen LogP contribution >= 0.6 is 11.3 Å². The van der Waals surface area contributed by atoms with Gasteiger partial charge in [0.2, 0.25) is 0 Å². The monoisotopic (exact) mass is 208 g/mol. The highest BCUT2D eigenvalue weighted by atomic mass is 32.1. The van der Waals surface area contributed by atoms with Crippen molar-refractivity contribution in [3.63, 3.8) is 0 Å². The van der Waals surface area contributed by atoms with Gasteiger partial charge in [-0.25, -0.2) is 0 Å². The fraction of sp³-hybridized carbons (Fsp3) is 0.636. The Morgan fingerprint density at radius 1 is 1.43 bits per heavy atom. The molecule has 1 aromatic heterocycles. The maximum atomic E-state index is 5.69. The Morgan fingerprint density at radius 3 is 2.79 bits per heavy atom. The first kappa shape index (κ1) is 8.89. The van der Waals surface area contributed by atoms with Crippen molar-refractivity contribution in [1.29, 1.82) is 0 Å². The molecule has 1 saturated heterocycles.